The third-order valence-electron chi connectivity index (χ3n) is 3.59. The van der Waals surface area contributed by atoms with Crippen LogP contribution in [0.4, 0.5) is 4.39 Å². The van der Waals surface area contributed by atoms with Crippen LogP contribution in [0.1, 0.15) is 11.1 Å². The maximum Gasteiger partial charge on any atom is 0.123 e. The number of halogens is 1. The Morgan fingerprint density at radius 1 is 1.24 bits per heavy atom. The summed E-state index contributed by atoms with van der Waals surface area (Å²) in [7, 11) is 0. The molecule has 90 valence electrons. The van der Waals surface area contributed by atoms with Gasteiger partial charge in [-0.25, -0.2) is 4.39 Å². The Bertz CT molecular complexity index is 448. The zero-order valence-electron chi connectivity index (χ0n) is 9.88. The van der Waals surface area contributed by atoms with Crippen LogP contribution in [0.2, 0.25) is 0 Å². The van der Waals surface area contributed by atoms with E-state index in [0.717, 1.165) is 44.7 Å². The molecule has 17 heavy (non-hydrogen) atoms. The molecule has 0 unspecified atom stereocenters. The van der Waals surface area contributed by atoms with E-state index in [2.05, 4.69) is 16.3 Å². The molecule has 3 heteroatoms. The van der Waals surface area contributed by atoms with Gasteiger partial charge >= 0.3 is 0 Å². The standard InChI is InChI=1S/C14H17FN2/c15-13-4-3-11-1-2-12(14(11)9-13)10-17-7-5-16-6-8-17/h2-4,9,16H,1,5-8,10H2. The summed E-state index contributed by atoms with van der Waals surface area (Å²) in [6, 6.07) is 5.14. The van der Waals surface area contributed by atoms with E-state index in [1.165, 1.54) is 11.1 Å². The normalized spacial score (nSPS) is 20.2. The molecule has 0 spiro atoms. The highest BCUT2D eigenvalue weighted by Gasteiger charge is 2.18. The molecule has 0 saturated carbocycles. The summed E-state index contributed by atoms with van der Waals surface area (Å²) in [4.78, 5) is 2.43. The number of allylic oxidation sites excluding steroid dienone is 1. The van der Waals surface area contributed by atoms with Gasteiger partial charge in [0.25, 0.3) is 0 Å². The van der Waals surface area contributed by atoms with E-state index in [-0.39, 0.29) is 5.82 Å². The highest BCUT2D eigenvalue weighted by atomic mass is 19.1. The number of hydrogen-bond donors (Lipinski definition) is 1. The number of nitrogens with one attached hydrogen (secondary N) is 1. The molecule has 1 aromatic carbocycles. The highest BCUT2D eigenvalue weighted by Crippen LogP contribution is 2.28. The van der Waals surface area contributed by atoms with Crippen molar-refractivity contribution in [3.05, 3.63) is 41.2 Å². The van der Waals surface area contributed by atoms with Crippen molar-refractivity contribution >= 4 is 5.57 Å². The predicted octanol–water partition coefficient (Wildman–Crippen LogP) is 1.67. The van der Waals surface area contributed by atoms with Crippen molar-refractivity contribution in [1.82, 2.24) is 10.2 Å². The van der Waals surface area contributed by atoms with Crippen molar-refractivity contribution in [1.29, 1.82) is 0 Å². The number of piperazine rings is 1. The van der Waals surface area contributed by atoms with Crippen LogP contribution in [0.3, 0.4) is 0 Å². The first-order valence-corrected chi connectivity index (χ1v) is 6.24. The summed E-state index contributed by atoms with van der Waals surface area (Å²) < 4.78 is 13.3. The first-order valence-electron chi connectivity index (χ1n) is 6.24. The lowest BCUT2D eigenvalue weighted by molar-refractivity contribution is 0.268. The third kappa shape index (κ3) is 2.26. The molecule has 2 nitrogen and oxygen atoms in total. The maximum atomic E-state index is 13.3. The fraction of sp³-hybridized carbons (Fsp3) is 0.429. The largest absolute Gasteiger partial charge is 0.314 e. The molecule has 1 heterocycles. The van der Waals surface area contributed by atoms with E-state index in [1.54, 1.807) is 12.1 Å². The average Bonchev–Trinajstić information content (AvgIpc) is 2.73. The van der Waals surface area contributed by atoms with E-state index >= 15 is 0 Å². The SMILES string of the molecule is Fc1ccc2c(c1)C(CN1CCNCC1)=CC2. The summed E-state index contributed by atoms with van der Waals surface area (Å²) in [6.07, 6.45) is 3.20. The molecule has 1 N–H and O–H groups in total. The minimum atomic E-state index is -0.128. The monoisotopic (exact) mass is 232 g/mol. The van der Waals surface area contributed by atoms with Gasteiger partial charge < -0.3 is 5.32 Å². The van der Waals surface area contributed by atoms with Gasteiger partial charge in [0, 0.05) is 32.7 Å². The van der Waals surface area contributed by atoms with Gasteiger partial charge in [-0.05, 0) is 35.3 Å². The molecule has 1 saturated heterocycles. The number of hydrogen-bond acceptors (Lipinski definition) is 2. The Hall–Kier alpha value is -1.19. The second-order valence-electron chi connectivity index (χ2n) is 4.76. The van der Waals surface area contributed by atoms with Crippen LogP contribution in [0.15, 0.2) is 24.3 Å². The van der Waals surface area contributed by atoms with Gasteiger partial charge in [-0.2, -0.15) is 0 Å². The van der Waals surface area contributed by atoms with Crippen LogP contribution in [-0.4, -0.2) is 37.6 Å². The molecule has 3 rings (SSSR count). The number of benzene rings is 1. The molecule has 1 aliphatic heterocycles. The topological polar surface area (TPSA) is 15.3 Å². The van der Waals surface area contributed by atoms with Gasteiger partial charge in [0.05, 0.1) is 0 Å². The van der Waals surface area contributed by atoms with Crippen molar-refractivity contribution in [3.63, 3.8) is 0 Å². The summed E-state index contributed by atoms with van der Waals surface area (Å²) in [6.45, 7) is 5.24. The van der Waals surface area contributed by atoms with Crippen molar-refractivity contribution in [2.45, 2.75) is 6.42 Å². The zero-order chi connectivity index (χ0) is 11.7. The molecule has 1 fully saturated rings. The van der Waals surface area contributed by atoms with E-state index in [9.17, 15) is 4.39 Å². The maximum absolute atomic E-state index is 13.3. The molecule has 0 aromatic heterocycles. The molecular formula is C14H17FN2. The van der Waals surface area contributed by atoms with E-state index in [4.69, 9.17) is 0 Å². The van der Waals surface area contributed by atoms with Crippen molar-refractivity contribution < 1.29 is 4.39 Å². The summed E-state index contributed by atoms with van der Waals surface area (Å²) >= 11 is 0. The summed E-state index contributed by atoms with van der Waals surface area (Å²) in [5.74, 6) is -0.128. The summed E-state index contributed by atoms with van der Waals surface area (Å²) in [5, 5.41) is 3.35. The molecule has 0 bridgehead atoms. The number of fused-ring (bicyclic) bond motifs is 1. The van der Waals surface area contributed by atoms with Gasteiger partial charge in [-0.15, -0.1) is 0 Å². The molecule has 0 radical (unpaired) electrons. The fourth-order valence-electron chi connectivity index (χ4n) is 2.63. The zero-order valence-corrected chi connectivity index (χ0v) is 9.88. The Labute approximate surface area is 101 Å². The van der Waals surface area contributed by atoms with Gasteiger partial charge in [-0.3, -0.25) is 4.90 Å². The second kappa shape index (κ2) is 4.59. The van der Waals surface area contributed by atoms with Crippen molar-refractivity contribution in [3.8, 4) is 0 Å². The van der Waals surface area contributed by atoms with Crippen LogP contribution < -0.4 is 5.32 Å². The van der Waals surface area contributed by atoms with E-state index < -0.39 is 0 Å². The lowest BCUT2D eigenvalue weighted by atomic mass is 10.0. The minimum Gasteiger partial charge on any atom is -0.314 e. The predicted molar refractivity (Wildman–Crippen MR) is 67.4 cm³/mol. The van der Waals surface area contributed by atoms with Gasteiger partial charge in [0.2, 0.25) is 0 Å². The first-order chi connectivity index (χ1) is 8.33. The third-order valence-corrected chi connectivity index (χ3v) is 3.59. The van der Waals surface area contributed by atoms with Crippen LogP contribution in [-0.2, 0) is 6.42 Å². The van der Waals surface area contributed by atoms with E-state index in [0.29, 0.717) is 0 Å². The Kier molecular flexibility index (Phi) is 2.95. The quantitative estimate of drug-likeness (QED) is 0.834. The molecular weight excluding hydrogens is 215 g/mol. The van der Waals surface area contributed by atoms with Crippen LogP contribution >= 0.6 is 0 Å². The Balaban J connectivity index is 1.76. The average molecular weight is 232 g/mol. The Morgan fingerprint density at radius 3 is 2.88 bits per heavy atom. The van der Waals surface area contributed by atoms with Gasteiger partial charge in [0.15, 0.2) is 0 Å². The van der Waals surface area contributed by atoms with E-state index in [1.807, 2.05) is 6.07 Å². The number of rotatable bonds is 2. The number of nitrogens with zero attached hydrogens (tertiary/aromatic N) is 1. The smallest absolute Gasteiger partial charge is 0.123 e. The lowest BCUT2D eigenvalue weighted by Crippen LogP contribution is -2.43. The molecule has 2 aliphatic rings. The van der Waals surface area contributed by atoms with Crippen molar-refractivity contribution in [2.75, 3.05) is 32.7 Å². The second-order valence-corrected chi connectivity index (χ2v) is 4.76. The van der Waals surface area contributed by atoms with Gasteiger partial charge in [-0.1, -0.05) is 12.1 Å². The first kappa shape index (κ1) is 10.9. The Morgan fingerprint density at radius 2 is 2.06 bits per heavy atom. The molecule has 0 atom stereocenters. The summed E-state index contributed by atoms with van der Waals surface area (Å²) in [5.41, 5.74) is 3.67. The van der Waals surface area contributed by atoms with Crippen LogP contribution in [0.5, 0.6) is 0 Å². The van der Waals surface area contributed by atoms with Crippen molar-refractivity contribution in [2.24, 2.45) is 0 Å². The molecule has 0 amide bonds. The molecule has 1 aliphatic carbocycles. The highest BCUT2D eigenvalue weighted by molar-refractivity contribution is 5.74. The molecule has 1 aromatic rings. The fourth-order valence-corrected chi connectivity index (χ4v) is 2.63. The van der Waals surface area contributed by atoms with Gasteiger partial charge in [0.1, 0.15) is 5.82 Å². The van der Waals surface area contributed by atoms with Crippen LogP contribution in [0, 0.1) is 5.82 Å². The lowest BCUT2D eigenvalue weighted by Gasteiger charge is -2.27. The minimum absolute atomic E-state index is 0.128. The van der Waals surface area contributed by atoms with Crippen LogP contribution in [0.25, 0.3) is 5.57 Å².